The van der Waals surface area contributed by atoms with Crippen LogP contribution in [0.5, 0.6) is 5.75 Å². The first kappa shape index (κ1) is 19.9. The maximum Gasteiger partial charge on any atom is 0.326 e. The molecule has 3 amide bonds. The van der Waals surface area contributed by atoms with E-state index in [0.29, 0.717) is 13.1 Å². The predicted molar refractivity (Wildman–Crippen MR) is 118 cm³/mol. The van der Waals surface area contributed by atoms with E-state index >= 15 is 0 Å². The van der Waals surface area contributed by atoms with Crippen molar-refractivity contribution < 1.29 is 14.3 Å². The van der Waals surface area contributed by atoms with Crippen LogP contribution in [-0.2, 0) is 16.8 Å². The van der Waals surface area contributed by atoms with Gasteiger partial charge in [-0.15, -0.1) is 0 Å². The van der Waals surface area contributed by atoms with E-state index in [2.05, 4.69) is 27.2 Å². The van der Waals surface area contributed by atoms with Crippen LogP contribution >= 0.6 is 0 Å². The highest BCUT2D eigenvalue weighted by molar-refractivity contribution is 6.07. The summed E-state index contributed by atoms with van der Waals surface area (Å²) < 4.78 is 5.35. The van der Waals surface area contributed by atoms with Gasteiger partial charge in [-0.05, 0) is 54.7 Å². The van der Waals surface area contributed by atoms with Gasteiger partial charge in [-0.2, -0.15) is 0 Å². The number of nitrogens with one attached hydrogen (secondary N) is 1. The second-order valence-corrected chi connectivity index (χ2v) is 8.53. The Labute approximate surface area is 182 Å². The van der Waals surface area contributed by atoms with E-state index < -0.39 is 5.54 Å². The summed E-state index contributed by atoms with van der Waals surface area (Å²) in [7, 11) is 1.64. The van der Waals surface area contributed by atoms with Gasteiger partial charge < -0.3 is 15.0 Å². The van der Waals surface area contributed by atoms with Crippen molar-refractivity contribution in [3.8, 4) is 5.75 Å². The number of nitrogens with zero attached hydrogens (tertiary/aromatic N) is 3. The van der Waals surface area contributed by atoms with E-state index in [0.717, 1.165) is 55.9 Å². The Morgan fingerprint density at radius 2 is 1.81 bits per heavy atom. The fourth-order valence-corrected chi connectivity index (χ4v) is 5.09. The molecule has 0 saturated carbocycles. The first-order valence-electron chi connectivity index (χ1n) is 10.9. The molecule has 7 nitrogen and oxygen atoms in total. The third-order valence-electron chi connectivity index (χ3n) is 6.78. The van der Waals surface area contributed by atoms with Gasteiger partial charge in [0.25, 0.3) is 5.91 Å². The molecule has 1 aliphatic carbocycles. The van der Waals surface area contributed by atoms with Crippen molar-refractivity contribution in [2.75, 3.05) is 44.9 Å². The highest BCUT2D eigenvalue weighted by Gasteiger charge is 2.54. The molecule has 2 aliphatic heterocycles. The zero-order valence-corrected chi connectivity index (χ0v) is 17.8. The van der Waals surface area contributed by atoms with Crippen molar-refractivity contribution in [3.05, 3.63) is 59.7 Å². The number of aryl methyl sites for hydroxylation is 1. The minimum Gasteiger partial charge on any atom is -0.497 e. The van der Waals surface area contributed by atoms with Crippen LogP contribution in [0, 0.1) is 0 Å². The number of amides is 3. The highest BCUT2D eigenvalue weighted by Crippen LogP contribution is 2.41. The fourth-order valence-electron chi connectivity index (χ4n) is 5.09. The van der Waals surface area contributed by atoms with E-state index in [4.69, 9.17) is 4.74 Å². The number of carbonyl (C=O) groups excluding carboxylic acids is 2. The van der Waals surface area contributed by atoms with Gasteiger partial charge in [-0.1, -0.05) is 24.3 Å². The standard InChI is InChI=1S/C24H28N4O3/c1-31-20-9-10-21-18(16-20)6-5-11-24(21)22(29)28(23(30)25-24)17-26-12-14-27(15-13-26)19-7-3-2-4-8-19/h2-4,7-10,16H,5-6,11-15,17H2,1H3,(H,25,30)/t24-/m1/s1. The molecule has 0 bridgehead atoms. The Hall–Kier alpha value is -3.06. The smallest absolute Gasteiger partial charge is 0.326 e. The number of benzene rings is 2. The van der Waals surface area contributed by atoms with Crippen LogP contribution in [0.25, 0.3) is 0 Å². The Balaban J connectivity index is 1.30. The molecule has 2 aromatic carbocycles. The molecule has 2 heterocycles. The first-order valence-corrected chi connectivity index (χ1v) is 10.9. The van der Waals surface area contributed by atoms with Gasteiger partial charge in [-0.25, -0.2) is 9.69 Å². The summed E-state index contributed by atoms with van der Waals surface area (Å²) >= 11 is 0. The molecule has 5 rings (SSSR count). The van der Waals surface area contributed by atoms with Gasteiger partial charge in [0.15, 0.2) is 0 Å². The van der Waals surface area contributed by atoms with E-state index in [1.165, 1.54) is 10.6 Å². The molecule has 2 saturated heterocycles. The number of rotatable bonds is 4. The number of hydrogen-bond acceptors (Lipinski definition) is 5. The molecule has 3 aliphatic rings. The molecular weight excluding hydrogens is 392 g/mol. The largest absolute Gasteiger partial charge is 0.497 e. The number of anilines is 1. The molecule has 0 aromatic heterocycles. The molecule has 31 heavy (non-hydrogen) atoms. The molecule has 7 heteroatoms. The van der Waals surface area contributed by atoms with Gasteiger partial charge in [0.2, 0.25) is 0 Å². The lowest BCUT2D eigenvalue weighted by Gasteiger charge is -2.37. The minimum atomic E-state index is -0.942. The second-order valence-electron chi connectivity index (χ2n) is 8.53. The predicted octanol–water partition coefficient (Wildman–Crippen LogP) is 2.56. The number of ether oxygens (including phenoxy) is 1. The lowest BCUT2D eigenvalue weighted by molar-refractivity contribution is -0.133. The normalized spacial score (nSPS) is 23.8. The number of imide groups is 1. The molecule has 1 atom stereocenters. The molecular formula is C24H28N4O3. The number of carbonyl (C=O) groups is 2. The van der Waals surface area contributed by atoms with Crippen LogP contribution in [0.4, 0.5) is 10.5 Å². The summed E-state index contributed by atoms with van der Waals surface area (Å²) in [6.07, 6.45) is 2.38. The molecule has 1 N–H and O–H groups in total. The maximum atomic E-state index is 13.5. The van der Waals surface area contributed by atoms with E-state index in [-0.39, 0.29) is 11.9 Å². The molecule has 2 aromatic rings. The van der Waals surface area contributed by atoms with Crippen molar-refractivity contribution in [2.24, 2.45) is 0 Å². The summed E-state index contributed by atoms with van der Waals surface area (Å²) in [5.41, 5.74) is 2.26. The quantitative estimate of drug-likeness (QED) is 0.771. The maximum absolute atomic E-state index is 13.5. The summed E-state index contributed by atoms with van der Waals surface area (Å²) in [6.45, 7) is 3.71. The van der Waals surface area contributed by atoms with Gasteiger partial charge in [-0.3, -0.25) is 9.69 Å². The summed E-state index contributed by atoms with van der Waals surface area (Å²) in [5.74, 6) is 0.648. The van der Waals surface area contributed by atoms with Crippen molar-refractivity contribution in [3.63, 3.8) is 0 Å². The van der Waals surface area contributed by atoms with Crippen molar-refractivity contribution >= 4 is 17.6 Å². The zero-order valence-electron chi connectivity index (χ0n) is 17.8. The Morgan fingerprint density at radius 1 is 1.03 bits per heavy atom. The topological polar surface area (TPSA) is 65.1 Å². The lowest BCUT2D eigenvalue weighted by Crippen LogP contribution is -2.52. The highest BCUT2D eigenvalue weighted by atomic mass is 16.5. The molecule has 1 spiro atoms. The van der Waals surface area contributed by atoms with Gasteiger partial charge in [0.1, 0.15) is 11.3 Å². The molecule has 2 fully saturated rings. The fraction of sp³-hybridized carbons (Fsp3) is 0.417. The number of fused-ring (bicyclic) bond motifs is 2. The van der Waals surface area contributed by atoms with Crippen LogP contribution in [-0.4, -0.2) is 61.7 Å². The van der Waals surface area contributed by atoms with Crippen LogP contribution < -0.4 is 15.0 Å². The van der Waals surface area contributed by atoms with E-state index in [1.54, 1.807) is 7.11 Å². The SMILES string of the molecule is COc1ccc2c(c1)CCC[C@@]21NC(=O)N(CN2CCN(c3ccccc3)CC2)C1=O. The Bertz CT molecular complexity index is 988. The number of hydrogen-bond donors (Lipinski definition) is 1. The summed E-state index contributed by atoms with van der Waals surface area (Å²) in [5, 5.41) is 3.05. The van der Waals surface area contributed by atoms with E-state index in [9.17, 15) is 9.59 Å². The minimum absolute atomic E-state index is 0.130. The van der Waals surface area contributed by atoms with Gasteiger partial charge >= 0.3 is 6.03 Å². The van der Waals surface area contributed by atoms with Crippen LogP contribution in [0.2, 0.25) is 0 Å². The summed E-state index contributed by atoms with van der Waals surface area (Å²) in [6, 6.07) is 15.9. The average Bonchev–Trinajstić information content (AvgIpc) is 3.04. The molecule has 0 radical (unpaired) electrons. The Kier molecular flexibility index (Phi) is 5.06. The lowest BCUT2D eigenvalue weighted by atomic mass is 9.76. The molecule has 0 unspecified atom stereocenters. The van der Waals surface area contributed by atoms with Crippen LogP contribution in [0.3, 0.4) is 0 Å². The van der Waals surface area contributed by atoms with Crippen molar-refractivity contribution in [1.29, 1.82) is 0 Å². The van der Waals surface area contributed by atoms with E-state index in [1.807, 2.05) is 36.4 Å². The first-order chi connectivity index (χ1) is 15.1. The number of methoxy groups -OCH3 is 1. The molecule has 162 valence electrons. The Morgan fingerprint density at radius 3 is 2.55 bits per heavy atom. The zero-order chi connectivity index (χ0) is 21.4. The number of piperazine rings is 1. The van der Waals surface area contributed by atoms with Gasteiger partial charge in [0.05, 0.1) is 13.8 Å². The monoisotopic (exact) mass is 420 g/mol. The average molecular weight is 421 g/mol. The second kappa shape index (κ2) is 7.89. The number of urea groups is 1. The third kappa shape index (κ3) is 3.43. The van der Waals surface area contributed by atoms with Crippen LogP contribution in [0.15, 0.2) is 48.5 Å². The van der Waals surface area contributed by atoms with Crippen molar-refractivity contribution in [2.45, 2.75) is 24.8 Å². The number of para-hydroxylation sites is 1. The summed E-state index contributed by atoms with van der Waals surface area (Å²) in [4.78, 5) is 32.4. The third-order valence-corrected chi connectivity index (χ3v) is 6.78. The van der Waals surface area contributed by atoms with Gasteiger partial charge in [0, 0.05) is 31.9 Å². The van der Waals surface area contributed by atoms with Crippen LogP contribution in [0.1, 0.15) is 24.0 Å². The van der Waals surface area contributed by atoms with Crippen molar-refractivity contribution in [1.82, 2.24) is 15.1 Å².